The van der Waals surface area contributed by atoms with Crippen LogP contribution in [0.3, 0.4) is 0 Å². The molecular formula is C13H14O4. The smallest absolute Gasteiger partial charge is 0.231 e. The van der Waals surface area contributed by atoms with Crippen molar-refractivity contribution in [3.8, 4) is 11.5 Å². The van der Waals surface area contributed by atoms with E-state index in [-0.39, 0.29) is 12.9 Å². The second-order valence-corrected chi connectivity index (χ2v) is 4.40. The van der Waals surface area contributed by atoms with Gasteiger partial charge in [-0.25, -0.2) is 0 Å². The van der Waals surface area contributed by atoms with Gasteiger partial charge in [-0.05, 0) is 24.1 Å². The molecule has 1 heterocycles. The van der Waals surface area contributed by atoms with Crippen LogP contribution in [0.5, 0.6) is 11.5 Å². The molecule has 1 aliphatic carbocycles. The van der Waals surface area contributed by atoms with Gasteiger partial charge in [0.15, 0.2) is 11.5 Å². The molecular weight excluding hydrogens is 220 g/mol. The van der Waals surface area contributed by atoms with E-state index in [0.29, 0.717) is 25.2 Å². The van der Waals surface area contributed by atoms with Crippen LogP contribution >= 0.6 is 0 Å². The molecule has 2 aliphatic rings. The molecule has 4 heteroatoms. The van der Waals surface area contributed by atoms with Crippen molar-refractivity contribution in [1.82, 2.24) is 0 Å². The van der Waals surface area contributed by atoms with Crippen LogP contribution in [0.4, 0.5) is 0 Å². The lowest BCUT2D eigenvalue weighted by Crippen LogP contribution is -2.08. The minimum Gasteiger partial charge on any atom is -0.454 e. The molecule has 4 nitrogen and oxygen atoms in total. The van der Waals surface area contributed by atoms with E-state index in [2.05, 4.69) is 0 Å². The lowest BCUT2D eigenvalue weighted by Gasteiger charge is -2.10. The normalized spacial score (nSPS) is 22.1. The summed E-state index contributed by atoms with van der Waals surface area (Å²) in [5.74, 6) is 1.86. The highest BCUT2D eigenvalue weighted by Gasteiger charge is 2.22. The number of hydrogen-bond acceptors (Lipinski definition) is 4. The minimum absolute atomic E-state index is 0.0907. The number of Topliss-reactive ketones (excluding diaryl/α,β-unsaturated/α-hetero) is 1. The summed E-state index contributed by atoms with van der Waals surface area (Å²) in [6.07, 6.45) is 2.16. The summed E-state index contributed by atoms with van der Waals surface area (Å²) in [4.78, 5) is 11.1. The Bertz CT molecular complexity index is 441. The quantitative estimate of drug-likeness (QED) is 0.803. The van der Waals surface area contributed by atoms with Crippen molar-refractivity contribution >= 4 is 5.78 Å². The molecule has 0 N–H and O–H groups in total. The van der Waals surface area contributed by atoms with E-state index in [1.807, 2.05) is 18.2 Å². The van der Waals surface area contributed by atoms with Crippen LogP contribution in [0.25, 0.3) is 0 Å². The molecule has 1 aromatic carbocycles. The number of ketones is 1. The summed E-state index contributed by atoms with van der Waals surface area (Å²) >= 11 is 0. The van der Waals surface area contributed by atoms with Crippen molar-refractivity contribution < 1.29 is 19.0 Å². The van der Waals surface area contributed by atoms with Gasteiger partial charge in [-0.2, -0.15) is 0 Å². The topological polar surface area (TPSA) is 44.8 Å². The average molecular weight is 234 g/mol. The Balaban J connectivity index is 1.60. The zero-order valence-corrected chi connectivity index (χ0v) is 9.48. The number of benzene rings is 1. The summed E-state index contributed by atoms with van der Waals surface area (Å²) in [6, 6.07) is 5.78. The summed E-state index contributed by atoms with van der Waals surface area (Å²) < 4.78 is 16.2. The van der Waals surface area contributed by atoms with Crippen LogP contribution in [-0.2, 0) is 16.1 Å². The molecule has 1 aromatic rings. The fourth-order valence-corrected chi connectivity index (χ4v) is 2.17. The van der Waals surface area contributed by atoms with Gasteiger partial charge < -0.3 is 14.2 Å². The monoisotopic (exact) mass is 234 g/mol. The Hall–Kier alpha value is -1.55. The van der Waals surface area contributed by atoms with Crippen LogP contribution in [0.15, 0.2) is 18.2 Å². The molecule has 0 bridgehead atoms. The first kappa shape index (κ1) is 10.6. The van der Waals surface area contributed by atoms with Gasteiger partial charge in [-0.3, -0.25) is 4.79 Å². The van der Waals surface area contributed by atoms with Crippen molar-refractivity contribution in [1.29, 1.82) is 0 Å². The standard InChI is InChI=1S/C13H14O4/c14-10-2-3-11(6-10)15-7-9-1-4-12-13(5-9)17-8-16-12/h1,4-5,11H,2-3,6-8H2. The van der Waals surface area contributed by atoms with Crippen molar-refractivity contribution in [2.45, 2.75) is 32.0 Å². The Morgan fingerprint density at radius 1 is 1.29 bits per heavy atom. The zero-order valence-electron chi connectivity index (χ0n) is 9.48. The first-order valence-corrected chi connectivity index (χ1v) is 5.83. The average Bonchev–Trinajstić information content (AvgIpc) is 2.94. The molecule has 0 spiro atoms. The maximum atomic E-state index is 11.1. The predicted molar refractivity (Wildman–Crippen MR) is 60.0 cm³/mol. The molecule has 0 radical (unpaired) electrons. The fourth-order valence-electron chi connectivity index (χ4n) is 2.17. The van der Waals surface area contributed by atoms with Gasteiger partial charge in [0, 0.05) is 12.8 Å². The van der Waals surface area contributed by atoms with E-state index < -0.39 is 0 Å². The lowest BCUT2D eigenvalue weighted by atomic mass is 10.2. The van der Waals surface area contributed by atoms with Crippen molar-refractivity contribution in [2.75, 3.05) is 6.79 Å². The summed E-state index contributed by atoms with van der Waals surface area (Å²) in [6.45, 7) is 0.811. The van der Waals surface area contributed by atoms with Gasteiger partial charge in [0.2, 0.25) is 6.79 Å². The summed E-state index contributed by atoms with van der Waals surface area (Å²) in [5, 5.41) is 0. The third kappa shape index (κ3) is 2.26. The number of fused-ring (bicyclic) bond motifs is 1. The Morgan fingerprint density at radius 2 is 2.18 bits per heavy atom. The van der Waals surface area contributed by atoms with Crippen LogP contribution in [0, 0.1) is 0 Å². The van der Waals surface area contributed by atoms with Gasteiger partial charge in [0.25, 0.3) is 0 Å². The minimum atomic E-state index is 0.0907. The molecule has 0 saturated heterocycles. The van der Waals surface area contributed by atoms with E-state index in [9.17, 15) is 4.79 Å². The molecule has 1 unspecified atom stereocenters. The maximum Gasteiger partial charge on any atom is 0.231 e. The first-order valence-electron chi connectivity index (χ1n) is 5.83. The molecule has 0 amide bonds. The second-order valence-electron chi connectivity index (χ2n) is 4.40. The van der Waals surface area contributed by atoms with Crippen molar-refractivity contribution in [2.24, 2.45) is 0 Å². The number of carbonyl (C=O) groups is 1. The highest BCUT2D eigenvalue weighted by Crippen LogP contribution is 2.33. The molecule has 0 aromatic heterocycles. The van der Waals surface area contributed by atoms with E-state index in [1.165, 1.54) is 0 Å². The maximum absolute atomic E-state index is 11.1. The van der Waals surface area contributed by atoms with E-state index >= 15 is 0 Å². The van der Waals surface area contributed by atoms with Gasteiger partial charge in [0.1, 0.15) is 5.78 Å². The number of rotatable bonds is 3. The predicted octanol–water partition coefficient (Wildman–Crippen LogP) is 2.05. The van der Waals surface area contributed by atoms with Crippen LogP contribution in [-0.4, -0.2) is 18.7 Å². The molecule has 17 heavy (non-hydrogen) atoms. The highest BCUT2D eigenvalue weighted by molar-refractivity contribution is 5.81. The van der Waals surface area contributed by atoms with E-state index in [1.54, 1.807) is 0 Å². The van der Waals surface area contributed by atoms with Gasteiger partial charge in [-0.1, -0.05) is 6.07 Å². The van der Waals surface area contributed by atoms with Crippen LogP contribution in [0.2, 0.25) is 0 Å². The molecule has 3 rings (SSSR count). The molecule has 1 aliphatic heterocycles. The SMILES string of the molecule is O=C1CCC(OCc2ccc3c(c2)OCO3)C1. The fraction of sp³-hybridized carbons (Fsp3) is 0.462. The largest absolute Gasteiger partial charge is 0.454 e. The Morgan fingerprint density at radius 3 is 3.00 bits per heavy atom. The number of carbonyl (C=O) groups excluding carboxylic acids is 1. The van der Waals surface area contributed by atoms with Crippen molar-refractivity contribution in [3.05, 3.63) is 23.8 Å². The van der Waals surface area contributed by atoms with Crippen LogP contribution < -0.4 is 9.47 Å². The van der Waals surface area contributed by atoms with E-state index in [4.69, 9.17) is 14.2 Å². The summed E-state index contributed by atoms with van der Waals surface area (Å²) in [7, 11) is 0. The lowest BCUT2D eigenvalue weighted by molar-refractivity contribution is -0.118. The molecule has 1 atom stereocenters. The van der Waals surface area contributed by atoms with Gasteiger partial charge >= 0.3 is 0 Å². The zero-order chi connectivity index (χ0) is 11.7. The number of ether oxygens (including phenoxy) is 3. The second kappa shape index (κ2) is 4.37. The van der Waals surface area contributed by atoms with Gasteiger partial charge in [0.05, 0.1) is 12.7 Å². The summed E-state index contributed by atoms with van der Waals surface area (Å²) in [5.41, 5.74) is 1.05. The molecule has 1 fully saturated rings. The molecule has 1 saturated carbocycles. The highest BCUT2D eigenvalue weighted by atomic mass is 16.7. The molecule has 90 valence electrons. The Kier molecular flexibility index (Phi) is 2.73. The number of hydrogen-bond donors (Lipinski definition) is 0. The van der Waals surface area contributed by atoms with Gasteiger partial charge in [-0.15, -0.1) is 0 Å². The third-order valence-corrected chi connectivity index (χ3v) is 3.12. The first-order chi connectivity index (χ1) is 8.31. The third-order valence-electron chi connectivity index (χ3n) is 3.12. The Labute approximate surface area is 99.5 Å². The van der Waals surface area contributed by atoms with E-state index in [0.717, 1.165) is 23.5 Å². The van der Waals surface area contributed by atoms with Crippen LogP contribution in [0.1, 0.15) is 24.8 Å². The van der Waals surface area contributed by atoms with Crippen molar-refractivity contribution in [3.63, 3.8) is 0 Å².